The van der Waals surface area contributed by atoms with Crippen LogP contribution in [0.1, 0.15) is 19.8 Å². The summed E-state index contributed by atoms with van der Waals surface area (Å²) in [7, 11) is 0. The van der Waals surface area contributed by atoms with Crippen LogP contribution in [0.5, 0.6) is 5.75 Å². The van der Waals surface area contributed by atoms with Crippen molar-refractivity contribution in [2.45, 2.75) is 19.8 Å². The normalized spacial score (nSPS) is 9.50. The minimum atomic E-state index is -0.475. The van der Waals surface area contributed by atoms with Gasteiger partial charge in [-0.1, -0.05) is 24.4 Å². The summed E-state index contributed by atoms with van der Waals surface area (Å²) in [5.74, 6) is 6.28. The molecule has 0 aliphatic rings. The van der Waals surface area contributed by atoms with E-state index in [-0.39, 0.29) is 10.7 Å². The quantitative estimate of drug-likeness (QED) is 0.261. The molecule has 96 valence electrons. The summed E-state index contributed by atoms with van der Waals surface area (Å²) in [6.07, 6.45) is 1.39. The molecule has 0 saturated heterocycles. The third kappa shape index (κ3) is 4.35. The maximum absolute atomic E-state index is 10.8. The molecule has 0 fully saturated rings. The predicted octanol–water partition coefficient (Wildman–Crippen LogP) is 4.04. The van der Waals surface area contributed by atoms with Gasteiger partial charge in [-0.15, -0.1) is 5.92 Å². The van der Waals surface area contributed by atoms with E-state index in [9.17, 15) is 10.1 Å². The van der Waals surface area contributed by atoms with Gasteiger partial charge in [0.05, 0.1) is 16.6 Å². The van der Waals surface area contributed by atoms with E-state index in [1.54, 1.807) is 6.07 Å². The van der Waals surface area contributed by atoms with Crippen LogP contribution in [0.2, 0.25) is 5.02 Å². The molecule has 0 bridgehead atoms. The molecule has 0 heterocycles. The number of rotatable bonds is 4. The minimum Gasteiger partial charge on any atom is -0.491 e. The van der Waals surface area contributed by atoms with Crippen LogP contribution in [0, 0.1) is 25.5 Å². The summed E-state index contributed by atoms with van der Waals surface area (Å²) >= 11 is 7.69. The fraction of sp³-hybridized carbons (Fsp3) is 0.333. The van der Waals surface area contributed by atoms with Gasteiger partial charge < -0.3 is 4.74 Å². The molecule has 0 amide bonds. The summed E-state index contributed by atoms with van der Waals surface area (Å²) in [6.45, 7) is 2.36. The fourth-order valence-electron chi connectivity index (χ4n) is 1.21. The largest absolute Gasteiger partial charge is 0.491 e. The number of nitro groups is 1. The highest BCUT2D eigenvalue weighted by molar-refractivity contribution is 14.1. The lowest BCUT2D eigenvalue weighted by atomic mass is 10.3. The van der Waals surface area contributed by atoms with Crippen LogP contribution in [0.25, 0.3) is 0 Å². The van der Waals surface area contributed by atoms with Gasteiger partial charge in [0.25, 0.3) is 5.69 Å². The molecule has 0 aliphatic heterocycles. The van der Waals surface area contributed by atoms with E-state index in [2.05, 4.69) is 11.8 Å². The molecule has 0 radical (unpaired) electrons. The first-order valence-corrected chi connectivity index (χ1v) is 6.74. The topological polar surface area (TPSA) is 52.4 Å². The molecule has 1 aromatic carbocycles. The number of benzene rings is 1. The molecule has 0 spiro atoms. The fourth-order valence-corrected chi connectivity index (χ4v) is 2.08. The Labute approximate surface area is 124 Å². The molecular weight excluding hydrogens is 368 g/mol. The molecule has 0 N–H and O–H groups in total. The average molecular weight is 380 g/mol. The van der Waals surface area contributed by atoms with Crippen LogP contribution in [0.4, 0.5) is 5.69 Å². The first-order chi connectivity index (χ1) is 8.56. The maximum atomic E-state index is 10.8. The van der Waals surface area contributed by atoms with E-state index in [4.69, 9.17) is 16.3 Å². The minimum absolute atomic E-state index is 0.0438. The van der Waals surface area contributed by atoms with Crippen LogP contribution >= 0.6 is 34.2 Å². The molecule has 4 nitrogen and oxygen atoms in total. The van der Waals surface area contributed by atoms with Crippen molar-refractivity contribution >= 4 is 39.9 Å². The van der Waals surface area contributed by atoms with Crippen LogP contribution in [0.15, 0.2) is 12.1 Å². The SMILES string of the molecule is CCC#CCCOc1cc(Cl)cc([N+](=O)[O-])c1I. The first kappa shape index (κ1) is 15.1. The molecule has 0 saturated carbocycles. The monoisotopic (exact) mass is 379 g/mol. The van der Waals surface area contributed by atoms with Gasteiger partial charge in [0.2, 0.25) is 0 Å². The first-order valence-electron chi connectivity index (χ1n) is 5.28. The zero-order valence-corrected chi connectivity index (χ0v) is 12.6. The zero-order valence-electron chi connectivity index (χ0n) is 9.70. The molecule has 0 aliphatic carbocycles. The molecule has 6 heteroatoms. The van der Waals surface area contributed by atoms with Crippen molar-refractivity contribution in [2.24, 2.45) is 0 Å². The van der Waals surface area contributed by atoms with Crippen molar-refractivity contribution in [3.05, 3.63) is 30.8 Å². The van der Waals surface area contributed by atoms with Crippen molar-refractivity contribution in [2.75, 3.05) is 6.61 Å². The second-order valence-corrected chi connectivity index (χ2v) is 4.81. The summed E-state index contributed by atoms with van der Waals surface area (Å²) < 4.78 is 5.91. The molecule has 18 heavy (non-hydrogen) atoms. The number of nitro benzene ring substituents is 1. The number of ether oxygens (including phenoxy) is 1. The Morgan fingerprint density at radius 1 is 1.50 bits per heavy atom. The van der Waals surface area contributed by atoms with E-state index in [1.165, 1.54) is 6.07 Å². The lowest BCUT2D eigenvalue weighted by Crippen LogP contribution is -2.00. The number of nitrogens with zero attached hydrogens (tertiary/aromatic N) is 1. The van der Waals surface area contributed by atoms with E-state index >= 15 is 0 Å². The van der Waals surface area contributed by atoms with Crippen molar-refractivity contribution in [1.29, 1.82) is 0 Å². The van der Waals surface area contributed by atoms with Crippen LogP contribution < -0.4 is 4.74 Å². The van der Waals surface area contributed by atoms with E-state index in [0.717, 1.165) is 6.42 Å². The summed E-state index contributed by atoms with van der Waals surface area (Å²) in [5.41, 5.74) is -0.0438. The molecule has 0 aromatic heterocycles. The Morgan fingerprint density at radius 3 is 2.83 bits per heavy atom. The number of hydrogen-bond donors (Lipinski definition) is 0. The van der Waals surface area contributed by atoms with Gasteiger partial charge in [0.15, 0.2) is 0 Å². The van der Waals surface area contributed by atoms with Gasteiger partial charge in [-0.2, -0.15) is 0 Å². The van der Waals surface area contributed by atoms with Gasteiger partial charge in [-0.3, -0.25) is 10.1 Å². The van der Waals surface area contributed by atoms with Crippen LogP contribution in [0.3, 0.4) is 0 Å². The van der Waals surface area contributed by atoms with Crippen molar-refractivity contribution in [3.63, 3.8) is 0 Å². The lowest BCUT2D eigenvalue weighted by molar-refractivity contribution is -0.385. The van der Waals surface area contributed by atoms with E-state index in [1.807, 2.05) is 29.5 Å². The smallest absolute Gasteiger partial charge is 0.287 e. The molecule has 1 aromatic rings. The second kappa shape index (κ2) is 7.44. The van der Waals surface area contributed by atoms with Crippen molar-refractivity contribution in [3.8, 4) is 17.6 Å². The summed E-state index contributed by atoms with van der Waals surface area (Å²) in [5, 5.41) is 11.1. The Balaban J connectivity index is 2.79. The highest BCUT2D eigenvalue weighted by Gasteiger charge is 2.17. The van der Waals surface area contributed by atoms with E-state index < -0.39 is 4.92 Å². The highest BCUT2D eigenvalue weighted by atomic mass is 127. The molecule has 1 rings (SSSR count). The standard InChI is InChI=1S/C12H11ClINO3/c1-2-3-4-5-6-18-11-8-9(13)7-10(12(11)14)15(16)17/h7-8H,2,5-6H2,1H3. The third-order valence-electron chi connectivity index (χ3n) is 1.97. The van der Waals surface area contributed by atoms with Crippen LogP contribution in [-0.4, -0.2) is 11.5 Å². The Bertz CT molecular complexity index is 508. The number of hydrogen-bond acceptors (Lipinski definition) is 3. The summed E-state index contributed by atoms with van der Waals surface area (Å²) in [4.78, 5) is 10.3. The van der Waals surface area contributed by atoms with Gasteiger partial charge >= 0.3 is 0 Å². The Morgan fingerprint density at radius 2 is 2.22 bits per heavy atom. The average Bonchev–Trinajstić information content (AvgIpc) is 2.32. The molecule has 0 unspecified atom stereocenters. The third-order valence-corrected chi connectivity index (χ3v) is 3.27. The van der Waals surface area contributed by atoms with E-state index in [0.29, 0.717) is 22.3 Å². The van der Waals surface area contributed by atoms with Gasteiger partial charge in [0, 0.05) is 25.0 Å². The van der Waals surface area contributed by atoms with Crippen molar-refractivity contribution in [1.82, 2.24) is 0 Å². The second-order valence-electron chi connectivity index (χ2n) is 3.30. The zero-order chi connectivity index (χ0) is 13.5. The Hall–Kier alpha value is -1.00. The number of halogens is 2. The molecule has 0 atom stereocenters. The molecular formula is C12H11ClINO3. The van der Waals surface area contributed by atoms with Crippen molar-refractivity contribution < 1.29 is 9.66 Å². The Kier molecular flexibility index (Phi) is 6.22. The van der Waals surface area contributed by atoms with Gasteiger partial charge in [-0.25, -0.2) is 0 Å². The highest BCUT2D eigenvalue weighted by Crippen LogP contribution is 2.33. The lowest BCUT2D eigenvalue weighted by Gasteiger charge is -2.07. The predicted molar refractivity (Wildman–Crippen MR) is 79.0 cm³/mol. The summed E-state index contributed by atoms with van der Waals surface area (Å²) in [6, 6.07) is 2.89. The maximum Gasteiger partial charge on any atom is 0.287 e. The van der Waals surface area contributed by atoms with Gasteiger partial charge in [0.1, 0.15) is 9.32 Å². The van der Waals surface area contributed by atoms with Crippen LogP contribution in [-0.2, 0) is 0 Å². The van der Waals surface area contributed by atoms with Gasteiger partial charge in [-0.05, 0) is 22.6 Å².